The Morgan fingerprint density at radius 2 is 1.50 bits per heavy atom. The molecule has 5 atom stereocenters. The fourth-order valence-electron chi connectivity index (χ4n) is 6.37. The van der Waals surface area contributed by atoms with Crippen LogP contribution < -0.4 is 20.8 Å². The third-order valence-electron chi connectivity index (χ3n) is 8.80. The average molecular weight is 622 g/mol. The monoisotopic (exact) mass is 621 g/mol. The van der Waals surface area contributed by atoms with Crippen LogP contribution >= 0.6 is 0 Å². The maximum atomic E-state index is 7.12. The van der Waals surface area contributed by atoms with Crippen molar-refractivity contribution in [3.63, 3.8) is 0 Å². The second-order valence-electron chi connectivity index (χ2n) is 12.9. The smallest absolute Gasteiger partial charge is 0.261 e. The Balaban J connectivity index is 1.48. The molecule has 2 N–H and O–H groups in total. The van der Waals surface area contributed by atoms with Gasteiger partial charge in [0.2, 0.25) is 0 Å². The van der Waals surface area contributed by atoms with E-state index >= 15 is 0 Å². The number of rotatable bonds is 14. The van der Waals surface area contributed by atoms with E-state index in [2.05, 4.69) is 81.4 Å². The molecular formula is C36H51NO6Si. The first-order valence-electron chi connectivity index (χ1n) is 15.5. The van der Waals surface area contributed by atoms with Gasteiger partial charge in [-0.1, -0.05) is 93.6 Å². The van der Waals surface area contributed by atoms with Gasteiger partial charge in [-0.15, -0.1) is 0 Å². The van der Waals surface area contributed by atoms with Gasteiger partial charge in [0.25, 0.3) is 8.32 Å². The predicted octanol–water partition coefficient (Wildman–Crippen LogP) is 5.43. The standard InChI is InChI=1S/C36H51NO6Si/c1-35(2,3)44(31-14-10-8-11-15-31,32-16-12-9-13-17-32)42-26-33(37)34(39-6)23-29-22-30(24-36(4,40-7)43-29)41-25-27-18-20-28(38-5)21-19-27/h8-21,29-30,33-34H,22-26,37H2,1-7H3/t29-,30-,33?,34-,36-/m1/s1. The minimum atomic E-state index is -2.73. The summed E-state index contributed by atoms with van der Waals surface area (Å²) in [4.78, 5) is 0. The Morgan fingerprint density at radius 3 is 2.00 bits per heavy atom. The van der Waals surface area contributed by atoms with Crippen LogP contribution in [0.4, 0.5) is 0 Å². The van der Waals surface area contributed by atoms with Gasteiger partial charge in [-0.05, 0) is 40.0 Å². The summed E-state index contributed by atoms with van der Waals surface area (Å²) in [5, 5.41) is 2.31. The second-order valence-corrected chi connectivity index (χ2v) is 17.3. The van der Waals surface area contributed by atoms with Gasteiger partial charge in [-0.2, -0.15) is 0 Å². The van der Waals surface area contributed by atoms with Crippen LogP contribution in [-0.2, 0) is 30.0 Å². The molecule has 1 saturated heterocycles. The Kier molecular flexibility index (Phi) is 11.8. The topological polar surface area (TPSA) is 81.4 Å². The lowest BCUT2D eigenvalue weighted by Crippen LogP contribution is -2.67. The summed E-state index contributed by atoms with van der Waals surface area (Å²) in [5.41, 5.74) is 7.98. The molecule has 7 nitrogen and oxygen atoms in total. The van der Waals surface area contributed by atoms with Crippen LogP contribution in [0.5, 0.6) is 5.75 Å². The molecule has 1 aliphatic rings. The zero-order chi connectivity index (χ0) is 31.8. The Bertz CT molecular complexity index is 1230. The minimum Gasteiger partial charge on any atom is -0.497 e. The zero-order valence-corrected chi connectivity index (χ0v) is 28.5. The fraction of sp³-hybridized carbons (Fsp3) is 0.500. The molecule has 1 aliphatic heterocycles. The van der Waals surface area contributed by atoms with E-state index in [1.165, 1.54) is 10.4 Å². The lowest BCUT2D eigenvalue weighted by Gasteiger charge is -2.44. The highest BCUT2D eigenvalue weighted by atomic mass is 28.4. The predicted molar refractivity (Wildman–Crippen MR) is 178 cm³/mol. The van der Waals surface area contributed by atoms with Gasteiger partial charge in [0, 0.05) is 33.5 Å². The van der Waals surface area contributed by atoms with E-state index in [4.69, 9.17) is 33.8 Å². The van der Waals surface area contributed by atoms with Crippen LogP contribution in [0, 0.1) is 0 Å². The van der Waals surface area contributed by atoms with E-state index in [0.29, 0.717) is 26.1 Å². The van der Waals surface area contributed by atoms with E-state index in [1.807, 2.05) is 31.2 Å². The molecule has 0 aromatic heterocycles. The molecule has 0 amide bonds. The number of methoxy groups -OCH3 is 3. The molecule has 44 heavy (non-hydrogen) atoms. The van der Waals surface area contributed by atoms with Crippen molar-refractivity contribution in [3.05, 3.63) is 90.5 Å². The highest BCUT2D eigenvalue weighted by Gasteiger charge is 2.50. The Labute approximate surface area is 265 Å². The number of hydrogen-bond donors (Lipinski definition) is 1. The summed E-state index contributed by atoms with van der Waals surface area (Å²) in [5.74, 6) is 0.0640. The van der Waals surface area contributed by atoms with Gasteiger partial charge in [0.15, 0.2) is 5.79 Å². The second kappa shape index (κ2) is 15.1. The Hall–Kier alpha value is -2.56. The SMILES string of the molecule is COc1ccc(CO[C@@H]2C[C@H](C[C@@H](OC)C(N)CO[Si](c3ccccc3)(c3ccccc3)C(C)(C)C)O[C@@](C)(OC)C2)cc1. The molecular weight excluding hydrogens is 570 g/mol. The van der Waals surface area contributed by atoms with E-state index in [-0.39, 0.29) is 29.4 Å². The highest BCUT2D eigenvalue weighted by Crippen LogP contribution is 2.37. The van der Waals surface area contributed by atoms with Crippen molar-refractivity contribution < 1.29 is 28.1 Å². The van der Waals surface area contributed by atoms with E-state index < -0.39 is 14.1 Å². The van der Waals surface area contributed by atoms with E-state index in [0.717, 1.165) is 17.7 Å². The van der Waals surface area contributed by atoms with Crippen LogP contribution in [0.1, 0.15) is 52.5 Å². The minimum absolute atomic E-state index is 0.0390. The molecule has 8 heteroatoms. The van der Waals surface area contributed by atoms with Crippen molar-refractivity contribution in [1.29, 1.82) is 0 Å². The van der Waals surface area contributed by atoms with Crippen molar-refractivity contribution in [2.24, 2.45) is 5.73 Å². The quantitative estimate of drug-likeness (QED) is 0.241. The molecule has 0 saturated carbocycles. The van der Waals surface area contributed by atoms with E-state index in [9.17, 15) is 0 Å². The summed E-state index contributed by atoms with van der Waals surface area (Å²) >= 11 is 0. The molecule has 0 radical (unpaired) electrons. The van der Waals surface area contributed by atoms with Crippen LogP contribution in [0.25, 0.3) is 0 Å². The number of benzene rings is 3. The van der Waals surface area contributed by atoms with Crippen LogP contribution in [-0.4, -0.2) is 66.4 Å². The van der Waals surface area contributed by atoms with E-state index in [1.54, 1.807) is 21.3 Å². The number of nitrogens with two attached hydrogens (primary N) is 1. The highest BCUT2D eigenvalue weighted by molar-refractivity contribution is 6.99. The first-order valence-corrected chi connectivity index (χ1v) is 17.4. The average Bonchev–Trinajstić information content (AvgIpc) is 3.03. The molecule has 0 aliphatic carbocycles. The summed E-state index contributed by atoms with van der Waals surface area (Å²) in [7, 11) is 2.33. The van der Waals surface area contributed by atoms with Gasteiger partial charge in [-0.3, -0.25) is 0 Å². The summed E-state index contributed by atoms with van der Waals surface area (Å²) in [6.07, 6.45) is 1.48. The molecule has 1 fully saturated rings. The van der Waals surface area contributed by atoms with Gasteiger partial charge in [0.1, 0.15) is 5.75 Å². The third-order valence-corrected chi connectivity index (χ3v) is 13.8. The van der Waals surface area contributed by atoms with Crippen LogP contribution in [0.2, 0.25) is 5.04 Å². The van der Waals surface area contributed by atoms with Crippen molar-refractivity contribution in [2.45, 2.75) is 88.7 Å². The first-order chi connectivity index (χ1) is 21.0. The summed E-state index contributed by atoms with van der Waals surface area (Å²) < 4.78 is 37.1. The Morgan fingerprint density at radius 1 is 0.909 bits per heavy atom. The number of hydrogen-bond acceptors (Lipinski definition) is 7. The van der Waals surface area contributed by atoms with Crippen molar-refractivity contribution in [3.8, 4) is 5.75 Å². The molecule has 1 unspecified atom stereocenters. The normalized spacial score (nSPS) is 22.4. The van der Waals surface area contributed by atoms with Gasteiger partial charge in [-0.25, -0.2) is 0 Å². The van der Waals surface area contributed by atoms with Crippen molar-refractivity contribution in [1.82, 2.24) is 0 Å². The first kappa shape index (κ1) is 34.3. The lowest BCUT2D eigenvalue weighted by molar-refractivity contribution is -0.284. The molecule has 4 rings (SSSR count). The fourth-order valence-corrected chi connectivity index (χ4v) is 11.0. The summed E-state index contributed by atoms with van der Waals surface area (Å²) in [6.45, 7) is 9.64. The van der Waals surface area contributed by atoms with Crippen LogP contribution in [0.15, 0.2) is 84.9 Å². The van der Waals surface area contributed by atoms with Crippen molar-refractivity contribution >= 4 is 18.7 Å². The third kappa shape index (κ3) is 8.17. The summed E-state index contributed by atoms with van der Waals surface area (Å²) in [6, 6.07) is 28.8. The molecule has 1 heterocycles. The molecule has 3 aromatic carbocycles. The van der Waals surface area contributed by atoms with Crippen molar-refractivity contribution in [2.75, 3.05) is 27.9 Å². The van der Waals surface area contributed by atoms with Crippen LogP contribution in [0.3, 0.4) is 0 Å². The van der Waals surface area contributed by atoms with Gasteiger partial charge < -0.3 is 33.8 Å². The maximum absolute atomic E-state index is 7.12. The molecule has 240 valence electrons. The molecule has 0 spiro atoms. The number of ether oxygens (including phenoxy) is 5. The molecule has 3 aromatic rings. The zero-order valence-electron chi connectivity index (χ0n) is 27.5. The van der Waals surface area contributed by atoms with Gasteiger partial charge in [0.05, 0.1) is 44.7 Å². The van der Waals surface area contributed by atoms with Gasteiger partial charge >= 0.3 is 0 Å². The molecule has 0 bridgehead atoms. The largest absolute Gasteiger partial charge is 0.497 e. The lowest BCUT2D eigenvalue weighted by atomic mass is 9.94. The maximum Gasteiger partial charge on any atom is 0.261 e.